The van der Waals surface area contributed by atoms with Crippen LogP contribution >= 0.6 is 0 Å². The van der Waals surface area contributed by atoms with Crippen molar-refractivity contribution in [2.75, 3.05) is 0 Å². The number of aromatic nitrogens is 3. The molecule has 1 N–H and O–H groups in total. The number of rotatable bonds is 4. The second-order valence-electron chi connectivity index (χ2n) is 5.95. The lowest BCUT2D eigenvalue weighted by Crippen LogP contribution is -2.12. The number of para-hydroxylation sites is 1. The van der Waals surface area contributed by atoms with Gasteiger partial charge in [0, 0.05) is 0 Å². The molecule has 0 aliphatic rings. The van der Waals surface area contributed by atoms with Gasteiger partial charge in [0.2, 0.25) is 0 Å². The lowest BCUT2D eigenvalue weighted by molar-refractivity contribution is -0.143. The topological polar surface area (TPSA) is 74.6 Å². The number of nitriles is 1. The van der Waals surface area contributed by atoms with Gasteiger partial charge in [-0.1, -0.05) is 6.07 Å². The molecule has 0 aliphatic heterocycles. The van der Waals surface area contributed by atoms with Crippen LogP contribution in [0.3, 0.4) is 0 Å². The van der Waals surface area contributed by atoms with Crippen LogP contribution in [0.1, 0.15) is 22.4 Å². The maximum absolute atomic E-state index is 14.3. The third-order valence-electron chi connectivity index (χ3n) is 3.91. The number of halogens is 7. The first-order valence-corrected chi connectivity index (χ1v) is 8.01. The molecule has 5 nitrogen and oxygen atoms in total. The summed E-state index contributed by atoms with van der Waals surface area (Å²) in [6, 6.07) is 6.19. The van der Waals surface area contributed by atoms with Crippen LogP contribution in [0, 0.1) is 17.1 Å². The zero-order chi connectivity index (χ0) is 22.1. The SMILES string of the molecule is N#Cc1n[nH]nc1-c1cccc(F)c1OCc1cc(C(F)(F)F)cc(C(F)(F)F)c1. The molecule has 0 atom stereocenters. The van der Waals surface area contributed by atoms with Crippen LogP contribution < -0.4 is 4.74 Å². The average molecular weight is 430 g/mol. The Bertz CT molecular complexity index is 1080. The highest BCUT2D eigenvalue weighted by Crippen LogP contribution is 2.37. The molecule has 0 fully saturated rings. The van der Waals surface area contributed by atoms with Crippen molar-refractivity contribution in [3.63, 3.8) is 0 Å². The number of hydrogen-bond acceptors (Lipinski definition) is 4. The van der Waals surface area contributed by atoms with E-state index in [1.54, 1.807) is 6.07 Å². The van der Waals surface area contributed by atoms with Crippen LogP contribution in [0.4, 0.5) is 30.7 Å². The first-order chi connectivity index (χ1) is 14.0. The van der Waals surface area contributed by atoms with E-state index in [2.05, 4.69) is 15.4 Å². The number of nitrogens with zero attached hydrogens (tertiary/aromatic N) is 3. The minimum Gasteiger partial charge on any atom is -0.485 e. The standard InChI is InChI=1S/C18H9F7N4O/c19-13-3-1-2-12(15-14(7-26)27-29-28-15)16(13)30-8-9-4-10(17(20,21)22)6-11(5-9)18(23,24)25/h1-6H,8H2,(H,27,28,29). The molecule has 2 aromatic carbocycles. The third kappa shape index (κ3) is 4.35. The van der Waals surface area contributed by atoms with Crippen LogP contribution in [0.25, 0.3) is 11.3 Å². The summed E-state index contributed by atoms with van der Waals surface area (Å²) in [5.74, 6) is -1.46. The number of aromatic amines is 1. The van der Waals surface area contributed by atoms with Crippen molar-refractivity contribution in [3.8, 4) is 23.1 Å². The van der Waals surface area contributed by atoms with Gasteiger partial charge in [0.15, 0.2) is 17.3 Å². The fourth-order valence-corrected chi connectivity index (χ4v) is 2.60. The fraction of sp³-hybridized carbons (Fsp3) is 0.167. The van der Waals surface area contributed by atoms with Crippen molar-refractivity contribution in [2.45, 2.75) is 19.0 Å². The number of hydrogen-bond donors (Lipinski definition) is 1. The van der Waals surface area contributed by atoms with Gasteiger partial charge < -0.3 is 4.74 Å². The van der Waals surface area contributed by atoms with E-state index in [4.69, 9.17) is 10.00 Å². The van der Waals surface area contributed by atoms with Gasteiger partial charge in [0.1, 0.15) is 18.4 Å². The molecule has 0 radical (unpaired) electrons. The Morgan fingerprint density at radius 1 is 0.967 bits per heavy atom. The molecule has 0 bridgehead atoms. The minimum absolute atomic E-state index is 0.0212. The molecule has 1 aromatic heterocycles. The molecule has 156 valence electrons. The van der Waals surface area contributed by atoms with E-state index in [1.807, 2.05) is 0 Å². The van der Waals surface area contributed by atoms with Gasteiger partial charge in [0.05, 0.1) is 16.7 Å². The zero-order valence-corrected chi connectivity index (χ0v) is 14.6. The summed E-state index contributed by atoms with van der Waals surface area (Å²) in [7, 11) is 0. The maximum atomic E-state index is 14.3. The third-order valence-corrected chi connectivity index (χ3v) is 3.91. The van der Waals surface area contributed by atoms with E-state index in [1.165, 1.54) is 12.1 Å². The van der Waals surface area contributed by atoms with Gasteiger partial charge in [-0.3, -0.25) is 0 Å². The first-order valence-electron chi connectivity index (χ1n) is 8.01. The molecule has 0 aliphatic carbocycles. The van der Waals surface area contributed by atoms with Gasteiger partial charge in [-0.15, -0.1) is 5.10 Å². The summed E-state index contributed by atoms with van der Waals surface area (Å²) >= 11 is 0. The lowest BCUT2D eigenvalue weighted by Gasteiger charge is -2.15. The number of nitrogens with one attached hydrogen (secondary N) is 1. The normalized spacial score (nSPS) is 11.9. The summed E-state index contributed by atoms with van der Waals surface area (Å²) in [5, 5.41) is 18.5. The van der Waals surface area contributed by atoms with Gasteiger partial charge in [-0.25, -0.2) is 4.39 Å². The van der Waals surface area contributed by atoms with Crippen LogP contribution in [0.2, 0.25) is 0 Å². The predicted molar refractivity (Wildman–Crippen MR) is 87.3 cm³/mol. The number of alkyl halides is 6. The van der Waals surface area contributed by atoms with Crippen molar-refractivity contribution >= 4 is 0 Å². The van der Waals surface area contributed by atoms with Crippen LogP contribution in [0.15, 0.2) is 36.4 Å². The Balaban J connectivity index is 2.00. The summed E-state index contributed by atoms with van der Waals surface area (Å²) in [6.07, 6.45) is -10.1. The monoisotopic (exact) mass is 430 g/mol. The zero-order valence-electron chi connectivity index (χ0n) is 14.6. The van der Waals surface area contributed by atoms with E-state index in [0.29, 0.717) is 12.1 Å². The summed E-state index contributed by atoms with van der Waals surface area (Å²) in [6.45, 7) is -0.805. The molecule has 0 spiro atoms. The molecule has 0 saturated heterocycles. The smallest absolute Gasteiger partial charge is 0.416 e. The van der Waals surface area contributed by atoms with Crippen molar-refractivity contribution in [2.24, 2.45) is 0 Å². The molecule has 30 heavy (non-hydrogen) atoms. The summed E-state index contributed by atoms with van der Waals surface area (Å²) in [4.78, 5) is 0. The van der Waals surface area contributed by atoms with E-state index in [-0.39, 0.29) is 23.0 Å². The van der Waals surface area contributed by atoms with E-state index >= 15 is 0 Å². The Labute approximate surface area is 163 Å². The summed E-state index contributed by atoms with van der Waals surface area (Å²) < 4.78 is 97.4. The van der Waals surface area contributed by atoms with Crippen LogP contribution in [0.5, 0.6) is 5.75 Å². The molecule has 12 heteroatoms. The highest BCUT2D eigenvalue weighted by Gasteiger charge is 2.37. The van der Waals surface area contributed by atoms with Crippen molar-refractivity contribution in [1.82, 2.24) is 15.4 Å². The highest BCUT2D eigenvalue weighted by molar-refractivity contribution is 5.70. The maximum Gasteiger partial charge on any atom is 0.416 e. The Hall–Kier alpha value is -3.62. The van der Waals surface area contributed by atoms with Gasteiger partial charge in [-0.05, 0) is 35.9 Å². The van der Waals surface area contributed by atoms with Crippen molar-refractivity contribution < 1.29 is 35.5 Å². The van der Waals surface area contributed by atoms with Gasteiger partial charge >= 0.3 is 12.4 Å². The number of ether oxygens (including phenoxy) is 1. The average Bonchev–Trinajstić information content (AvgIpc) is 3.14. The molecule has 0 unspecified atom stereocenters. The predicted octanol–water partition coefficient (Wildman–Crippen LogP) is 5.10. The molecule has 3 rings (SSSR count). The van der Waals surface area contributed by atoms with E-state index in [9.17, 15) is 30.7 Å². The Morgan fingerprint density at radius 2 is 1.60 bits per heavy atom. The van der Waals surface area contributed by atoms with E-state index in [0.717, 1.165) is 6.07 Å². The fourth-order valence-electron chi connectivity index (χ4n) is 2.60. The highest BCUT2D eigenvalue weighted by atomic mass is 19.4. The molecule has 0 saturated carbocycles. The molecular weight excluding hydrogens is 421 g/mol. The van der Waals surface area contributed by atoms with Gasteiger partial charge in [-0.2, -0.15) is 41.9 Å². The van der Waals surface area contributed by atoms with Crippen molar-refractivity contribution in [1.29, 1.82) is 5.26 Å². The van der Waals surface area contributed by atoms with Crippen LogP contribution in [-0.4, -0.2) is 15.4 Å². The Morgan fingerprint density at radius 3 is 2.17 bits per heavy atom. The van der Waals surface area contributed by atoms with Gasteiger partial charge in [0.25, 0.3) is 0 Å². The molecular formula is C18H9F7N4O. The lowest BCUT2D eigenvalue weighted by atomic mass is 10.0. The second kappa shape index (κ2) is 7.66. The largest absolute Gasteiger partial charge is 0.485 e. The van der Waals surface area contributed by atoms with Crippen molar-refractivity contribution in [3.05, 3.63) is 64.6 Å². The molecule has 3 aromatic rings. The number of H-pyrrole nitrogens is 1. The van der Waals surface area contributed by atoms with E-state index < -0.39 is 47.2 Å². The summed E-state index contributed by atoms with van der Waals surface area (Å²) in [5.41, 5.74) is -3.87. The second-order valence-corrected chi connectivity index (χ2v) is 5.95. The quantitative estimate of drug-likeness (QED) is 0.585. The Kier molecular flexibility index (Phi) is 5.39. The van der Waals surface area contributed by atoms with Crippen LogP contribution in [-0.2, 0) is 19.0 Å². The molecule has 1 heterocycles. The molecule has 0 amide bonds. The first kappa shape index (κ1) is 21.1. The number of benzene rings is 2. The minimum atomic E-state index is -5.03.